The highest BCUT2D eigenvalue weighted by Gasteiger charge is 2.26. The maximum absolute atomic E-state index is 12.5. The molecule has 0 radical (unpaired) electrons. The predicted molar refractivity (Wildman–Crippen MR) is 112 cm³/mol. The zero-order valence-electron chi connectivity index (χ0n) is 15.4. The number of hydrogen-bond donors (Lipinski definition) is 3. The summed E-state index contributed by atoms with van der Waals surface area (Å²) in [7, 11) is 0. The molecule has 9 heteroatoms. The van der Waals surface area contributed by atoms with Crippen molar-refractivity contribution in [1.82, 2.24) is 15.5 Å². The van der Waals surface area contributed by atoms with Gasteiger partial charge >= 0.3 is 12.0 Å². The Labute approximate surface area is 177 Å². The van der Waals surface area contributed by atoms with E-state index in [0.29, 0.717) is 40.0 Å². The number of carbonyl (C=O) groups excluding carboxylic acids is 1. The van der Waals surface area contributed by atoms with Gasteiger partial charge in [0, 0.05) is 28.2 Å². The van der Waals surface area contributed by atoms with Crippen LogP contribution in [0.2, 0.25) is 10.0 Å². The van der Waals surface area contributed by atoms with Crippen LogP contribution in [0.1, 0.15) is 30.3 Å². The van der Waals surface area contributed by atoms with E-state index in [-0.39, 0.29) is 6.03 Å². The van der Waals surface area contributed by atoms with E-state index in [0.717, 1.165) is 18.4 Å². The van der Waals surface area contributed by atoms with Crippen LogP contribution in [-0.2, 0) is 6.42 Å². The molecule has 0 bridgehead atoms. The molecule has 1 atom stereocenters. The van der Waals surface area contributed by atoms with E-state index in [4.69, 9.17) is 27.7 Å². The first-order valence-corrected chi connectivity index (χ1v) is 9.98. The molecular formula is C20H19Cl2N5O2. The Kier molecular flexibility index (Phi) is 5.87. The third-order valence-electron chi connectivity index (χ3n) is 4.42. The number of rotatable bonds is 7. The van der Waals surface area contributed by atoms with E-state index in [1.54, 1.807) is 36.4 Å². The number of nitrogens with one attached hydrogen (secondary N) is 3. The van der Waals surface area contributed by atoms with Crippen molar-refractivity contribution in [2.75, 3.05) is 10.6 Å². The minimum absolute atomic E-state index is 0.364. The van der Waals surface area contributed by atoms with Crippen molar-refractivity contribution in [3.05, 3.63) is 70.0 Å². The molecule has 1 saturated carbocycles. The maximum Gasteiger partial charge on any atom is 0.321 e. The van der Waals surface area contributed by atoms with Gasteiger partial charge in [0.15, 0.2) is 5.82 Å². The molecule has 3 N–H and O–H groups in total. The van der Waals surface area contributed by atoms with Crippen molar-refractivity contribution in [2.45, 2.75) is 31.3 Å². The lowest BCUT2D eigenvalue weighted by molar-refractivity contribution is 0.247. The minimum Gasteiger partial charge on any atom is -0.335 e. The van der Waals surface area contributed by atoms with Gasteiger partial charge in [0.25, 0.3) is 0 Å². The zero-order chi connectivity index (χ0) is 20.2. The van der Waals surface area contributed by atoms with Gasteiger partial charge in [0.05, 0.1) is 6.04 Å². The minimum atomic E-state index is -0.484. The SMILES string of the molecule is O=C(Nc1ccc(Cl)cc1)N[C@@H](Cc1ccc(Cl)cc1)c1noc(NC2CC2)n1. The van der Waals surface area contributed by atoms with Crippen molar-refractivity contribution in [3.8, 4) is 0 Å². The number of nitrogens with zero attached hydrogens (tertiary/aromatic N) is 2. The summed E-state index contributed by atoms with van der Waals surface area (Å²) in [6.07, 6.45) is 2.66. The summed E-state index contributed by atoms with van der Waals surface area (Å²) in [6.45, 7) is 0. The average Bonchev–Trinajstić information content (AvgIpc) is 3.39. The number of benzene rings is 2. The van der Waals surface area contributed by atoms with Gasteiger partial charge in [-0.3, -0.25) is 0 Å². The van der Waals surface area contributed by atoms with Crippen LogP contribution in [0.3, 0.4) is 0 Å². The molecule has 0 spiro atoms. The molecule has 1 aliphatic rings. The summed E-state index contributed by atoms with van der Waals surface area (Å²) in [5.74, 6) is 0.398. The van der Waals surface area contributed by atoms with Gasteiger partial charge in [-0.15, -0.1) is 0 Å². The fourth-order valence-corrected chi connectivity index (χ4v) is 3.01. The molecular weight excluding hydrogens is 413 g/mol. The molecule has 150 valence electrons. The highest BCUT2D eigenvalue weighted by molar-refractivity contribution is 6.30. The van der Waals surface area contributed by atoms with Crippen molar-refractivity contribution in [2.24, 2.45) is 0 Å². The number of urea groups is 1. The van der Waals surface area contributed by atoms with Crippen molar-refractivity contribution < 1.29 is 9.32 Å². The fraction of sp³-hybridized carbons (Fsp3) is 0.250. The van der Waals surface area contributed by atoms with Crippen LogP contribution < -0.4 is 16.0 Å². The van der Waals surface area contributed by atoms with Crippen LogP contribution in [0.4, 0.5) is 16.5 Å². The Bertz CT molecular complexity index is 971. The van der Waals surface area contributed by atoms with Gasteiger partial charge < -0.3 is 20.5 Å². The second-order valence-corrected chi connectivity index (χ2v) is 7.74. The first-order chi connectivity index (χ1) is 14.0. The summed E-state index contributed by atoms with van der Waals surface area (Å²) < 4.78 is 5.29. The van der Waals surface area contributed by atoms with E-state index >= 15 is 0 Å². The Balaban J connectivity index is 1.48. The molecule has 1 aromatic heterocycles. The summed E-state index contributed by atoms with van der Waals surface area (Å²) >= 11 is 11.9. The van der Waals surface area contributed by atoms with Crippen LogP contribution in [0.25, 0.3) is 0 Å². The lowest BCUT2D eigenvalue weighted by Crippen LogP contribution is -2.34. The Morgan fingerprint density at radius 2 is 1.72 bits per heavy atom. The number of halogens is 2. The molecule has 1 heterocycles. The van der Waals surface area contributed by atoms with Gasteiger partial charge in [-0.05, 0) is 54.8 Å². The maximum atomic E-state index is 12.5. The average molecular weight is 432 g/mol. The number of aromatic nitrogens is 2. The van der Waals surface area contributed by atoms with Gasteiger partial charge in [-0.2, -0.15) is 4.98 Å². The molecule has 0 unspecified atom stereocenters. The van der Waals surface area contributed by atoms with E-state index in [1.807, 2.05) is 12.1 Å². The standard InChI is InChI=1S/C20H19Cl2N5O2/c21-13-3-1-12(2-4-13)11-17(18-26-20(29-27-18)24-16-9-10-16)25-19(28)23-15-7-5-14(22)6-8-15/h1-8,16-17H,9-11H2,(H2,23,25,28)(H,24,26,27)/t17-/m0/s1. The molecule has 2 amide bonds. The van der Waals surface area contributed by atoms with Crippen molar-refractivity contribution >= 4 is 40.9 Å². The number of carbonyl (C=O) groups is 1. The lowest BCUT2D eigenvalue weighted by atomic mass is 10.1. The zero-order valence-corrected chi connectivity index (χ0v) is 16.9. The van der Waals surface area contributed by atoms with Crippen molar-refractivity contribution in [3.63, 3.8) is 0 Å². The molecule has 7 nitrogen and oxygen atoms in total. The van der Waals surface area contributed by atoms with E-state index in [1.165, 1.54) is 0 Å². The first-order valence-electron chi connectivity index (χ1n) is 9.23. The lowest BCUT2D eigenvalue weighted by Gasteiger charge is -2.16. The van der Waals surface area contributed by atoms with Gasteiger partial charge in [0.2, 0.25) is 0 Å². The second kappa shape index (κ2) is 8.71. The number of amides is 2. The Morgan fingerprint density at radius 1 is 1.07 bits per heavy atom. The molecule has 1 aliphatic carbocycles. The first kappa shape index (κ1) is 19.5. The Morgan fingerprint density at radius 3 is 2.38 bits per heavy atom. The van der Waals surface area contributed by atoms with Crippen LogP contribution in [0, 0.1) is 0 Å². The van der Waals surface area contributed by atoms with Gasteiger partial charge in [0.1, 0.15) is 0 Å². The third kappa shape index (κ3) is 5.62. The van der Waals surface area contributed by atoms with Crippen LogP contribution in [0.5, 0.6) is 0 Å². The third-order valence-corrected chi connectivity index (χ3v) is 4.92. The van der Waals surface area contributed by atoms with Crippen LogP contribution in [0.15, 0.2) is 53.1 Å². The summed E-state index contributed by atoms with van der Waals surface area (Å²) in [5.41, 5.74) is 1.61. The highest BCUT2D eigenvalue weighted by Crippen LogP contribution is 2.25. The molecule has 0 saturated heterocycles. The quantitative estimate of drug-likeness (QED) is 0.486. The van der Waals surface area contributed by atoms with Gasteiger partial charge in [-0.25, -0.2) is 4.79 Å². The topological polar surface area (TPSA) is 92.1 Å². The molecule has 4 rings (SSSR count). The van der Waals surface area contributed by atoms with Crippen LogP contribution in [-0.4, -0.2) is 22.2 Å². The van der Waals surface area contributed by atoms with Gasteiger partial charge in [-0.1, -0.05) is 40.5 Å². The van der Waals surface area contributed by atoms with E-state index < -0.39 is 6.04 Å². The second-order valence-electron chi connectivity index (χ2n) is 6.86. The summed E-state index contributed by atoms with van der Waals surface area (Å²) in [5, 5.41) is 14.1. The molecule has 0 aliphatic heterocycles. The molecule has 2 aromatic carbocycles. The summed E-state index contributed by atoms with van der Waals surface area (Å²) in [6, 6.07) is 14.2. The largest absolute Gasteiger partial charge is 0.335 e. The molecule has 3 aromatic rings. The molecule has 29 heavy (non-hydrogen) atoms. The summed E-state index contributed by atoms with van der Waals surface area (Å²) in [4.78, 5) is 16.9. The van der Waals surface area contributed by atoms with E-state index in [9.17, 15) is 4.79 Å². The van der Waals surface area contributed by atoms with E-state index in [2.05, 4.69) is 26.1 Å². The predicted octanol–water partition coefficient (Wildman–Crippen LogP) is 5.06. The number of anilines is 2. The smallest absolute Gasteiger partial charge is 0.321 e. The fourth-order valence-electron chi connectivity index (χ4n) is 2.76. The Hall–Kier alpha value is -2.77. The highest BCUT2D eigenvalue weighted by atomic mass is 35.5. The molecule has 1 fully saturated rings. The monoisotopic (exact) mass is 431 g/mol. The number of hydrogen-bond acceptors (Lipinski definition) is 5. The normalized spacial score (nSPS) is 14.3. The van der Waals surface area contributed by atoms with Crippen molar-refractivity contribution in [1.29, 1.82) is 0 Å². The van der Waals surface area contributed by atoms with Crippen LogP contribution >= 0.6 is 23.2 Å².